The molecule has 0 bridgehead atoms. The zero-order valence-electron chi connectivity index (χ0n) is 12.3. The van der Waals surface area contributed by atoms with Gasteiger partial charge in [0.25, 0.3) is 0 Å². The topological polar surface area (TPSA) is 46.5 Å². The maximum Gasteiger partial charge on any atom is 0.460 e. The van der Waals surface area contributed by atoms with Gasteiger partial charge in [-0.25, -0.2) is 4.79 Å². The fraction of sp³-hybridized carbons (Fsp3) is 0.900. The van der Waals surface area contributed by atoms with Crippen molar-refractivity contribution in [1.29, 1.82) is 0 Å². The van der Waals surface area contributed by atoms with Crippen LogP contribution in [0, 0.1) is 0 Å². The zero-order chi connectivity index (χ0) is 22.5. The van der Waals surface area contributed by atoms with Gasteiger partial charge in [0, 0.05) is 6.61 Å². The van der Waals surface area contributed by atoms with Crippen LogP contribution in [0.4, 0.5) is 61.5 Å². The fourth-order valence-electron chi connectivity index (χ4n) is 1.46. The predicted octanol–water partition coefficient (Wildman–Crippen LogP) is 4.51. The van der Waals surface area contributed by atoms with E-state index >= 15 is 0 Å². The second-order valence-corrected chi connectivity index (χ2v) is 4.70. The first-order valence-corrected chi connectivity index (χ1v) is 6.02. The van der Waals surface area contributed by atoms with Crippen LogP contribution in [0.3, 0.4) is 0 Å². The van der Waals surface area contributed by atoms with E-state index in [1.807, 2.05) is 0 Å². The van der Waals surface area contributed by atoms with Crippen molar-refractivity contribution < 1.29 is 76.1 Å². The molecule has 0 aliphatic rings. The average molecular weight is 440 g/mol. The minimum atomic E-state index is -8.31. The van der Waals surface area contributed by atoms with Crippen molar-refractivity contribution >= 4 is 5.97 Å². The van der Waals surface area contributed by atoms with E-state index < -0.39 is 54.2 Å². The SMILES string of the molecule is CCOC(F)(C(=O)O)C(F)(F)C(F)(F)C(F)(F)C(F)(F)C(F)(F)C(F)(F)F. The van der Waals surface area contributed by atoms with Gasteiger partial charge < -0.3 is 9.84 Å². The van der Waals surface area contributed by atoms with Crippen molar-refractivity contribution in [3.8, 4) is 0 Å². The largest absolute Gasteiger partial charge is 0.477 e. The monoisotopic (exact) mass is 440 g/mol. The molecule has 1 unspecified atom stereocenters. The van der Waals surface area contributed by atoms with Crippen LogP contribution in [0.5, 0.6) is 0 Å². The van der Waals surface area contributed by atoms with Crippen molar-refractivity contribution in [3.05, 3.63) is 0 Å². The molecule has 0 radical (unpaired) electrons. The van der Waals surface area contributed by atoms with Gasteiger partial charge in [0.2, 0.25) is 0 Å². The first-order valence-electron chi connectivity index (χ1n) is 6.02. The molecule has 3 nitrogen and oxygen atoms in total. The molecule has 1 atom stereocenters. The number of carbonyl (C=O) groups is 1. The molecule has 0 aliphatic carbocycles. The summed E-state index contributed by atoms with van der Waals surface area (Å²) in [5.41, 5.74) is 0. The lowest BCUT2D eigenvalue weighted by Crippen LogP contribution is -2.74. The number of hydrogen-bond acceptors (Lipinski definition) is 2. The van der Waals surface area contributed by atoms with E-state index in [1.54, 1.807) is 0 Å². The van der Waals surface area contributed by atoms with Crippen molar-refractivity contribution in [2.75, 3.05) is 6.61 Å². The normalized spacial score (nSPS) is 17.6. The molecule has 162 valence electrons. The number of alkyl halides is 14. The first kappa shape index (κ1) is 25.4. The van der Waals surface area contributed by atoms with E-state index in [9.17, 15) is 66.3 Å². The van der Waals surface area contributed by atoms with Gasteiger partial charge in [-0.3, -0.25) is 0 Å². The van der Waals surface area contributed by atoms with Gasteiger partial charge in [0.15, 0.2) is 0 Å². The van der Waals surface area contributed by atoms with E-state index in [2.05, 4.69) is 4.74 Å². The van der Waals surface area contributed by atoms with Crippen LogP contribution in [0.15, 0.2) is 0 Å². The van der Waals surface area contributed by atoms with Gasteiger partial charge in [-0.05, 0) is 6.92 Å². The Morgan fingerprint density at radius 3 is 1.22 bits per heavy atom. The molecular formula is C10H6F14O3. The van der Waals surface area contributed by atoms with Gasteiger partial charge in [-0.1, -0.05) is 0 Å². The van der Waals surface area contributed by atoms with E-state index in [1.165, 1.54) is 0 Å². The quantitative estimate of drug-likeness (QED) is 0.566. The van der Waals surface area contributed by atoms with E-state index in [4.69, 9.17) is 5.11 Å². The molecule has 17 heteroatoms. The van der Waals surface area contributed by atoms with Crippen LogP contribution in [0.1, 0.15) is 6.92 Å². The second kappa shape index (κ2) is 6.51. The number of carboxylic acid groups (broad SMARTS) is 1. The molecule has 0 fully saturated rings. The molecule has 0 aliphatic heterocycles. The summed E-state index contributed by atoms with van der Waals surface area (Å²) in [5, 5.41) is 8.15. The Balaban J connectivity index is 6.67. The Labute approximate surface area is 138 Å². The number of hydrogen-bond donors (Lipinski definition) is 1. The third-order valence-corrected chi connectivity index (χ3v) is 2.96. The van der Waals surface area contributed by atoms with Crippen LogP contribution in [-0.4, -0.2) is 59.3 Å². The Kier molecular flexibility index (Phi) is 6.14. The van der Waals surface area contributed by atoms with Crippen LogP contribution in [0.2, 0.25) is 0 Å². The summed E-state index contributed by atoms with van der Waals surface area (Å²) >= 11 is 0. The number of carboxylic acids is 1. The third kappa shape index (κ3) is 3.16. The summed E-state index contributed by atoms with van der Waals surface area (Å²) in [6.45, 7) is -1.13. The minimum absolute atomic E-state index is 0.441. The standard InChI is InChI=1S/C10H6F14O3/c1-2-27-4(11,3(25)26)5(12,13)6(14,15)7(16,17)8(18,19)9(20,21)10(22,23)24/h2H2,1H3,(H,25,26). The summed E-state index contributed by atoms with van der Waals surface area (Å²) in [7, 11) is 0. The summed E-state index contributed by atoms with van der Waals surface area (Å²) in [5.74, 6) is -50.2. The maximum absolute atomic E-state index is 13.6. The lowest BCUT2D eigenvalue weighted by atomic mass is 9.90. The van der Waals surface area contributed by atoms with Gasteiger partial charge in [0.05, 0.1) is 0 Å². The smallest absolute Gasteiger partial charge is 0.460 e. The molecule has 0 saturated carbocycles. The van der Waals surface area contributed by atoms with Crippen molar-refractivity contribution in [1.82, 2.24) is 0 Å². The average Bonchev–Trinajstić information content (AvgIpc) is 2.44. The van der Waals surface area contributed by atoms with Gasteiger partial charge in [-0.2, -0.15) is 61.5 Å². The number of ether oxygens (including phenoxy) is 1. The highest BCUT2D eigenvalue weighted by molar-refractivity contribution is 5.77. The lowest BCUT2D eigenvalue weighted by Gasteiger charge is -2.42. The minimum Gasteiger partial charge on any atom is -0.477 e. The van der Waals surface area contributed by atoms with Crippen LogP contribution < -0.4 is 0 Å². The molecule has 0 aromatic heterocycles. The molecule has 27 heavy (non-hydrogen) atoms. The first-order chi connectivity index (χ1) is 11.5. The molecule has 0 heterocycles. The Bertz CT molecular complexity index is 568. The number of halogens is 14. The summed E-state index contributed by atoms with van der Waals surface area (Å²) in [4.78, 5) is 10.4. The number of aliphatic carboxylic acids is 1. The Morgan fingerprint density at radius 2 is 0.963 bits per heavy atom. The third-order valence-electron chi connectivity index (χ3n) is 2.96. The summed E-state index contributed by atoms with van der Waals surface area (Å²) in [6.07, 6.45) is -7.63. The highest BCUT2D eigenvalue weighted by atomic mass is 19.4. The van der Waals surface area contributed by atoms with Gasteiger partial charge >= 0.3 is 47.6 Å². The van der Waals surface area contributed by atoms with Crippen molar-refractivity contribution in [2.45, 2.75) is 48.6 Å². The molecule has 0 aromatic rings. The van der Waals surface area contributed by atoms with Crippen molar-refractivity contribution in [3.63, 3.8) is 0 Å². The van der Waals surface area contributed by atoms with E-state index in [0.29, 0.717) is 6.92 Å². The van der Waals surface area contributed by atoms with Gasteiger partial charge in [0.1, 0.15) is 0 Å². The number of rotatable bonds is 8. The lowest BCUT2D eigenvalue weighted by molar-refractivity contribution is -0.455. The van der Waals surface area contributed by atoms with E-state index in [0.717, 1.165) is 0 Å². The second-order valence-electron chi connectivity index (χ2n) is 4.70. The van der Waals surface area contributed by atoms with Crippen LogP contribution >= 0.6 is 0 Å². The van der Waals surface area contributed by atoms with Gasteiger partial charge in [-0.15, -0.1) is 0 Å². The highest BCUT2D eigenvalue weighted by Crippen LogP contribution is 2.62. The summed E-state index contributed by atoms with van der Waals surface area (Å²) in [6, 6.07) is 0. The molecule has 0 saturated heterocycles. The van der Waals surface area contributed by atoms with Crippen LogP contribution in [-0.2, 0) is 9.53 Å². The van der Waals surface area contributed by atoms with E-state index in [-0.39, 0.29) is 0 Å². The zero-order valence-corrected chi connectivity index (χ0v) is 12.3. The van der Waals surface area contributed by atoms with Crippen LogP contribution in [0.25, 0.3) is 0 Å². The predicted molar refractivity (Wildman–Crippen MR) is 53.9 cm³/mol. The fourth-order valence-corrected chi connectivity index (χ4v) is 1.46. The molecule has 1 N–H and O–H groups in total. The summed E-state index contributed by atoms with van der Waals surface area (Å²) < 4.78 is 183. The van der Waals surface area contributed by atoms with Crippen molar-refractivity contribution in [2.24, 2.45) is 0 Å². The molecule has 0 amide bonds. The molecule has 0 aromatic carbocycles. The molecule has 0 spiro atoms. The molecular weight excluding hydrogens is 434 g/mol. The maximum atomic E-state index is 13.6. The Morgan fingerprint density at radius 1 is 0.667 bits per heavy atom. The Hall–Kier alpha value is -1.55. The highest BCUT2D eigenvalue weighted by Gasteiger charge is 2.94. The molecule has 0 rings (SSSR count).